The number of ketones is 1. The van der Waals surface area contributed by atoms with E-state index in [1.54, 1.807) is 31.2 Å². The summed E-state index contributed by atoms with van der Waals surface area (Å²) in [6, 6.07) is 17.1. The Morgan fingerprint density at radius 2 is 1.64 bits per heavy atom. The number of rotatable bonds is 8. The SMILES string of the molecule is CC(=O)c1ccc(OC(C)C(=O)NC(C)CCc2ccccc2)cc1. The summed E-state index contributed by atoms with van der Waals surface area (Å²) in [6.07, 6.45) is 1.20. The maximum absolute atomic E-state index is 12.3. The zero-order valence-corrected chi connectivity index (χ0v) is 15.0. The predicted molar refractivity (Wildman–Crippen MR) is 98.9 cm³/mol. The van der Waals surface area contributed by atoms with Crippen LogP contribution >= 0.6 is 0 Å². The molecule has 0 heterocycles. The molecule has 0 saturated carbocycles. The molecule has 1 N–H and O–H groups in total. The van der Waals surface area contributed by atoms with Crippen LogP contribution in [0.25, 0.3) is 0 Å². The van der Waals surface area contributed by atoms with Gasteiger partial charge in [-0.3, -0.25) is 9.59 Å². The maximum Gasteiger partial charge on any atom is 0.260 e. The first-order valence-electron chi connectivity index (χ1n) is 8.57. The normalized spacial score (nSPS) is 12.9. The van der Waals surface area contributed by atoms with Gasteiger partial charge in [-0.25, -0.2) is 0 Å². The van der Waals surface area contributed by atoms with Crippen molar-refractivity contribution in [3.63, 3.8) is 0 Å². The monoisotopic (exact) mass is 339 g/mol. The fourth-order valence-corrected chi connectivity index (χ4v) is 2.49. The quantitative estimate of drug-likeness (QED) is 0.744. The van der Waals surface area contributed by atoms with Gasteiger partial charge in [0.15, 0.2) is 11.9 Å². The van der Waals surface area contributed by atoms with E-state index in [0.717, 1.165) is 12.8 Å². The number of ether oxygens (including phenoxy) is 1. The lowest BCUT2D eigenvalue weighted by Gasteiger charge is -2.19. The number of amides is 1. The highest BCUT2D eigenvalue weighted by Crippen LogP contribution is 2.14. The van der Waals surface area contributed by atoms with E-state index in [-0.39, 0.29) is 17.7 Å². The highest BCUT2D eigenvalue weighted by Gasteiger charge is 2.17. The van der Waals surface area contributed by atoms with Crippen molar-refractivity contribution in [1.82, 2.24) is 5.32 Å². The molecule has 0 aliphatic rings. The van der Waals surface area contributed by atoms with Gasteiger partial charge in [-0.2, -0.15) is 0 Å². The van der Waals surface area contributed by atoms with E-state index in [0.29, 0.717) is 11.3 Å². The van der Waals surface area contributed by atoms with Crippen LogP contribution in [0.1, 0.15) is 43.1 Å². The van der Waals surface area contributed by atoms with E-state index in [2.05, 4.69) is 17.4 Å². The third kappa shape index (κ3) is 6.07. The molecule has 0 aromatic heterocycles. The Labute approximate surface area is 149 Å². The Morgan fingerprint density at radius 1 is 1.00 bits per heavy atom. The standard InChI is InChI=1S/C21H25NO3/c1-15(9-10-18-7-5-4-6-8-18)22-21(24)17(3)25-20-13-11-19(12-14-20)16(2)23/h4-8,11-15,17H,9-10H2,1-3H3,(H,22,24). The molecular formula is C21H25NO3. The molecule has 25 heavy (non-hydrogen) atoms. The van der Waals surface area contributed by atoms with Crippen molar-refractivity contribution in [3.05, 3.63) is 65.7 Å². The summed E-state index contributed by atoms with van der Waals surface area (Å²) < 4.78 is 5.65. The Hall–Kier alpha value is -2.62. The number of benzene rings is 2. The van der Waals surface area contributed by atoms with Gasteiger partial charge in [-0.05, 0) is 63.4 Å². The molecule has 1 amide bonds. The largest absolute Gasteiger partial charge is 0.481 e. The van der Waals surface area contributed by atoms with Gasteiger partial charge in [0.2, 0.25) is 0 Å². The molecule has 0 bridgehead atoms. The Bertz CT molecular complexity index is 695. The van der Waals surface area contributed by atoms with Crippen LogP contribution in [-0.4, -0.2) is 23.8 Å². The molecule has 4 heteroatoms. The van der Waals surface area contributed by atoms with Crippen LogP contribution in [0.2, 0.25) is 0 Å². The van der Waals surface area contributed by atoms with Crippen molar-refractivity contribution < 1.29 is 14.3 Å². The molecule has 2 aromatic carbocycles. The molecule has 0 fully saturated rings. The number of carbonyl (C=O) groups is 2. The van der Waals surface area contributed by atoms with Gasteiger partial charge in [-0.1, -0.05) is 30.3 Å². The van der Waals surface area contributed by atoms with Crippen molar-refractivity contribution in [3.8, 4) is 5.75 Å². The zero-order chi connectivity index (χ0) is 18.2. The molecule has 4 nitrogen and oxygen atoms in total. The molecule has 2 rings (SSSR count). The molecule has 2 unspecified atom stereocenters. The van der Waals surface area contributed by atoms with Gasteiger partial charge in [0.05, 0.1) is 0 Å². The van der Waals surface area contributed by atoms with Gasteiger partial charge in [0, 0.05) is 11.6 Å². The van der Waals surface area contributed by atoms with Crippen LogP contribution in [0.15, 0.2) is 54.6 Å². The van der Waals surface area contributed by atoms with E-state index >= 15 is 0 Å². The van der Waals surface area contributed by atoms with E-state index < -0.39 is 6.10 Å². The third-order valence-electron chi connectivity index (χ3n) is 4.04. The summed E-state index contributed by atoms with van der Waals surface area (Å²) in [4.78, 5) is 23.5. The summed E-state index contributed by atoms with van der Waals surface area (Å²) in [7, 11) is 0. The van der Waals surface area contributed by atoms with Crippen molar-refractivity contribution in [2.75, 3.05) is 0 Å². The first-order chi connectivity index (χ1) is 12.0. The van der Waals surface area contributed by atoms with Gasteiger partial charge < -0.3 is 10.1 Å². The van der Waals surface area contributed by atoms with Gasteiger partial charge in [0.25, 0.3) is 5.91 Å². The van der Waals surface area contributed by atoms with Crippen LogP contribution < -0.4 is 10.1 Å². The zero-order valence-electron chi connectivity index (χ0n) is 15.0. The summed E-state index contributed by atoms with van der Waals surface area (Å²) in [6.45, 7) is 5.23. The van der Waals surface area contributed by atoms with E-state index in [1.807, 2.05) is 25.1 Å². The minimum atomic E-state index is -0.595. The third-order valence-corrected chi connectivity index (χ3v) is 4.04. The van der Waals surface area contributed by atoms with Crippen molar-refractivity contribution in [2.45, 2.75) is 45.8 Å². The second-order valence-corrected chi connectivity index (χ2v) is 6.27. The highest BCUT2D eigenvalue weighted by atomic mass is 16.5. The molecule has 0 saturated heterocycles. The lowest BCUT2D eigenvalue weighted by atomic mass is 10.1. The fraction of sp³-hybridized carbons (Fsp3) is 0.333. The molecular weight excluding hydrogens is 314 g/mol. The Morgan fingerprint density at radius 3 is 2.24 bits per heavy atom. The second kappa shape index (κ2) is 9.02. The molecule has 132 valence electrons. The number of nitrogens with one attached hydrogen (secondary N) is 1. The number of hydrogen-bond donors (Lipinski definition) is 1. The highest BCUT2D eigenvalue weighted by molar-refractivity contribution is 5.94. The first-order valence-corrected chi connectivity index (χ1v) is 8.57. The Balaban J connectivity index is 1.79. The first kappa shape index (κ1) is 18.7. The summed E-state index contributed by atoms with van der Waals surface area (Å²) in [5.74, 6) is 0.436. The predicted octanol–water partition coefficient (Wildman–Crippen LogP) is 3.79. The lowest BCUT2D eigenvalue weighted by molar-refractivity contribution is -0.127. The molecule has 0 radical (unpaired) electrons. The number of aryl methyl sites for hydroxylation is 1. The molecule has 0 spiro atoms. The molecule has 2 atom stereocenters. The van der Waals surface area contributed by atoms with E-state index in [4.69, 9.17) is 4.74 Å². The molecule has 0 aliphatic heterocycles. The van der Waals surface area contributed by atoms with E-state index in [9.17, 15) is 9.59 Å². The number of hydrogen-bond acceptors (Lipinski definition) is 3. The van der Waals surface area contributed by atoms with Gasteiger partial charge >= 0.3 is 0 Å². The molecule has 2 aromatic rings. The topological polar surface area (TPSA) is 55.4 Å². The van der Waals surface area contributed by atoms with Crippen LogP contribution in [0, 0.1) is 0 Å². The number of carbonyl (C=O) groups excluding carboxylic acids is 2. The fourth-order valence-electron chi connectivity index (χ4n) is 2.49. The summed E-state index contributed by atoms with van der Waals surface area (Å²) in [5.41, 5.74) is 1.89. The summed E-state index contributed by atoms with van der Waals surface area (Å²) in [5, 5.41) is 2.98. The van der Waals surface area contributed by atoms with Crippen LogP contribution in [0.5, 0.6) is 5.75 Å². The maximum atomic E-state index is 12.3. The smallest absolute Gasteiger partial charge is 0.260 e. The van der Waals surface area contributed by atoms with Crippen molar-refractivity contribution in [2.24, 2.45) is 0 Å². The average molecular weight is 339 g/mol. The average Bonchev–Trinajstić information content (AvgIpc) is 2.61. The van der Waals surface area contributed by atoms with Gasteiger partial charge in [0.1, 0.15) is 5.75 Å². The van der Waals surface area contributed by atoms with Crippen LogP contribution in [0.4, 0.5) is 0 Å². The minimum absolute atomic E-state index is 0.00424. The van der Waals surface area contributed by atoms with Crippen molar-refractivity contribution in [1.29, 1.82) is 0 Å². The Kier molecular flexibility index (Phi) is 6.75. The van der Waals surface area contributed by atoms with Crippen LogP contribution in [0.3, 0.4) is 0 Å². The minimum Gasteiger partial charge on any atom is -0.481 e. The van der Waals surface area contributed by atoms with Crippen LogP contribution in [-0.2, 0) is 11.2 Å². The summed E-state index contributed by atoms with van der Waals surface area (Å²) >= 11 is 0. The molecule has 0 aliphatic carbocycles. The number of Topliss-reactive ketones (excluding diaryl/α,β-unsaturated/α-hetero) is 1. The second-order valence-electron chi connectivity index (χ2n) is 6.27. The van der Waals surface area contributed by atoms with E-state index in [1.165, 1.54) is 12.5 Å². The van der Waals surface area contributed by atoms with Gasteiger partial charge in [-0.15, -0.1) is 0 Å². The lowest BCUT2D eigenvalue weighted by Crippen LogP contribution is -2.41. The van der Waals surface area contributed by atoms with Crippen molar-refractivity contribution >= 4 is 11.7 Å².